The van der Waals surface area contributed by atoms with E-state index in [4.69, 9.17) is 10.5 Å². The van der Waals surface area contributed by atoms with Crippen LogP contribution in [-0.2, 0) is 4.74 Å². The van der Waals surface area contributed by atoms with Gasteiger partial charge in [0.25, 0.3) is 0 Å². The molecule has 0 bridgehead atoms. The first-order valence-corrected chi connectivity index (χ1v) is 9.01. The Morgan fingerprint density at radius 1 is 1.10 bits per heavy atom. The number of ether oxygens (including phenoxy) is 1. The minimum Gasteiger partial charge on any atom is -0.372 e. The average molecular weight is 279 g/mol. The van der Waals surface area contributed by atoms with Gasteiger partial charge in [0.05, 0.1) is 11.7 Å². The molecule has 0 aromatic rings. The highest BCUT2D eigenvalue weighted by Gasteiger charge is 2.43. The SMILES string of the molecule is CC(C)C1CCC(N)C(CC2CCC3(CCCC3)O2)C1. The zero-order valence-corrected chi connectivity index (χ0v) is 13.4. The molecule has 4 atom stereocenters. The summed E-state index contributed by atoms with van der Waals surface area (Å²) in [5.74, 6) is 2.41. The smallest absolute Gasteiger partial charge is 0.0687 e. The van der Waals surface area contributed by atoms with Crippen LogP contribution in [0.3, 0.4) is 0 Å². The minimum absolute atomic E-state index is 0.293. The predicted octanol–water partition coefficient (Wildman–Crippen LogP) is 4.27. The van der Waals surface area contributed by atoms with Crippen molar-refractivity contribution in [2.75, 3.05) is 0 Å². The standard InChI is InChI=1S/C18H33NO/c1-13(2)14-5-6-17(19)15(11-14)12-16-7-10-18(20-16)8-3-4-9-18/h13-17H,3-12,19H2,1-2H3. The lowest BCUT2D eigenvalue weighted by atomic mass is 9.72. The Bertz CT molecular complexity index is 321. The zero-order valence-electron chi connectivity index (χ0n) is 13.4. The molecule has 20 heavy (non-hydrogen) atoms. The summed E-state index contributed by atoms with van der Waals surface area (Å²) in [7, 11) is 0. The van der Waals surface area contributed by atoms with Gasteiger partial charge in [0, 0.05) is 6.04 Å². The zero-order chi connectivity index (χ0) is 14.2. The molecule has 0 radical (unpaired) electrons. The van der Waals surface area contributed by atoms with E-state index in [9.17, 15) is 0 Å². The second-order valence-electron chi connectivity index (χ2n) is 8.15. The van der Waals surface area contributed by atoms with Crippen molar-refractivity contribution in [2.24, 2.45) is 23.5 Å². The third-order valence-electron chi connectivity index (χ3n) is 6.44. The second kappa shape index (κ2) is 5.96. The van der Waals surface area contributed by atoms with Crippen LogP contribution in [0.15, 0.2) is 0 Å². The molecule has 2 N–H and O–H groups in total. The van der Waals surface area contributed by atoms with E-state index in [-0.39, 0.29) is 0 Å². The highest BCUT2D eigenvalue weighted by molar-refractivity contribution is 4.94. The molecule has 1 spiro atoms. The fourth-order valence-electron chi connectivity index (χ4n) is 4.99. The van der Waals surface area contributed by atoms with Crippen molar-refractivity contribution in [1.29, 1.82) is 0 Å². The molecule has 0 aromatic carbocycles. The van der Waals surface area contributed by atoms with Crippen molar-refractivity contribution < 1.29 is 4.74 Å². The second-order valence-corrected chi connectivity index (χ2v) is 8.15. The maximum absolute atomic E-state index is 6.50. The maximum atomic E-state index is 6.50. The summed E-state index contributed by atoms with van der Waals surface area (Å²) in [5, 5.41) is 0. The average Bonchev–Trinajstić information content (AvgIpc) is 3.03. The molecule has 1 saturated heterocycles. The molecule has 4 unspecified atom stereocenters. The van der Waals surface area contributed by atoms with Gasteiger partial charge in [-0.3, -0.25) is 0 Å². The number of hydrogen-bond donors (Lipinski definition) is 1. The van der Waals surface area contributed by atoms with E-state index < -0.39 is 0 Å². The molecule has 1 heterocycles. The van der Waals surface area contributed by atoms with Crippen molar-refractivity contribution in [3.8, 4) is 0 Å². The number of hydrogen-bond acceptors (Lipinski definition) is 2. The summed E-state index contributed by atoms with van der Waals surface area (Å²) in [5.41, 5.74) is 6.70. The lowest BCUT2D eigenvalue weighted by molar-refractivity contribution is -0.0485. The monoisotopic (exact) mass is 279 g/mol. The molecule has 116 valence electrons. The molecular formula is C18H33NO. The van der Waals surface area contributed by atoms with Crippen LogP contribution in [0.5, 0.6) is 0 Å². The molecular weight excluding hydrogens is 246 g/mol. The Hall–Kier alpha value is -0.0800. The van der Waals surface area contributed by atoms with Gasteiger partial charge in [0.15, 0.2) is 0 Å². The molecule has 2 heteroatoms. The summed E-state index contributed by atoms with van der Waals surface area (Å²) in [6, 6.07) is 0.425. The van der Waals surface area contributed by atoms with Crippen LogP contribution in [0.25, 0.3) is 0 Å². The molecule has 0 amide bonds. The normalized spacial score (nSPS) is 40.8. The van der Waals surface area contributed by atoms with Gasteiger partial charge in [-0.25, -0.2) is 0 Å². The number of rotatable bonds is 3. The molecule has 1 aliphatic heterocycles. The van der Waals surface area contributed by atoms with Crippen LogP contribution in [0.4, 0.5) is 0 Å². The van der Waals surface area contributed by atoms with E-state index in [0.717, 1.165) is 11.8 Å². The van der Waals surface area contributed by atoms with Gasteiger partial charge < -0.3 is 10.5 Å². The molecule has 2 aliphatic carbocycles. The summed E-state index contributed by atoms with van der Waals surface area (Å²) in [6.07, 6.45) is 13.6. The van der Waals surface area contributed by atoms with Gasteiger partial charge in [-0.2, -0.15) is 0 Å². The van der Waals surface area contributed by atoms with Crippen LogP contribution in [0.1, 0.15) is 78.1 Å². The predicted molar refractivity (Wildman–Crippen MR) is 83.6 cm³/mol. The molecule has 2 nitrogen and oxygen atoms in total. The van der Waals surface area contributed by atoms with Crippen molar-refractivity contribution in [3.63, 3.8) is 0 Å². The number of nitrogens with two attached hydrogens (primary N) is 1. The quantitative estimate of drug-likeness (QED) is 0.837. The van der Waals surface area contributed by atoms with Gasteiger partial charge in [-0.1, -0.05) is 26.7 Å². The molecule has 3 rings (SSSR count). The highest BCUT2D eigenvalue weighted by Crippen LogP contribution is 2.46. The Morgan fingerprint density at radius 2 is 1.85 bits per heavy atom. The summed E-state index contributed by atoms with van der Waals surface area (Å²) in [6.45, 7) is 4.75. The molecule has 3 fully saturated rings. The van der Waals surface area contributed by atoms with E-state index >= 15 is 0 Å². The highest BCUT2D eigenvalue weighted by atomic mass is 16.5. The van der Waals surface area contributed by atoms with Gasteiger partial charge >= 0.3 is 0 Å². The van der Waals surface area contributed by atoms with E-state index in [2.05, 4.69) is 13.8 Å². The van der Waals surface area contributed by atoms with Crippen molar-refractivity contribution in [3.05, 3.63) is 0 Å². The van der Waals surface area contributed by atoms with Crippen LogP contribution in [-0.4, -0.2) is 17.7 Å². The molecule has 2 saturated carbocycles. The van der Waals surface area contributed by atoms with Crippen molar-refractivity contribution >= 4 is 0 Å². The Kier molecular flexibility index (Phi) is 4.42. The minimum atomic E-state index is 0.293. The summed E-state index contributed by atoms with van der Waals surface area (Å²) in [4.78, 5) is 0. The van der Waals surface area contributed by atoms with Gasteiger partial charge in [0.2, 0.25) is 0 Å². The fourth-order valence-corrected chi connectivity index (χ4v) is 4.99. The summed E-state index contributed by atoms with van der Waals surface area (Å²) >= 11 is 0. The first kappa shape index (κ1) is 14.8. The lowest BCUT2D eigenvalue weighted by Crippen LogP contribution is -2.39. The molecule has 0 aromatic heterocycles. The van der Waals surface area contributed by atoms with E-state index in [1.165, 1.54) is 64.2 Å². The van der Waals surface area contributed by atoms with E-state index in [1.807, 2.05) is 0 Å². The van der Waals surface area contributed by atoms with Gasteiger partial charge in [0.1, 0.15) is 0 Å². The maximum Gasteiger partial charge on any atom is 0.0687 e. The van der Waals surface area contributed by atoms with Gasteiger partial charge in [-0.15, -0.1) is 0 Å². The van der Waals surface area contributed by atoms with Crippen molar-refractivity contribution in [1.82, 2.24) is 0 Å². The topological polar surface area (TPSA) is 35.2 Å². The third kappa shape index (κ3) is 3.06. The van der Waals surface area contributed by atoms with Crippen LogP contribution in [0.2, 0.25) is 0 Å². The Balaban J connectivity index is 1.54. The van der Waals surface area contributed by atoms with E-state index in [0.29, 0.717) is 23.7 Å². The van der Waals surface area contributed by atoms with Crippen molar-refractivity contribution in [2.45, 2.75) is 95.8 Å². The van der Waals surface area contributed by atoms with E-state index in [1.54, 1.807) is 0 Å². The third-order valence-corrected chi connectivity index (χ3v) is 6.44. The largest absolute Gasteiger partial charge is 0.372 e. The van der Waals surface area contributed by atoms with Crippen LogP contribution < -0.4 is 5.73 Å². The lowest BCUT2D eigenvalue weighted by Gasteiger charge is -2.37. The first-order chi connectivity index (χ1) is 9.58. The summed E-state index contributed by atoms with van der Waals surface area (Å²) < 4.78 is 6.50. The van der Waals surface area contributed by atoms with Crippen LogP contribution in [0, 0.1) is 17.8 Å². The van der Waals surface area contributed by atoms with Gasteiger partial charge in [-0.05, 0) is 69.1 Å². The Morgan fingerprint density at radius 3 is 2.55 bits per heavy atom. The van der Waals surface area contributed by atoms with Crippen LogP contribution >= 0.6 is 0 Å². The molecule has 3 aliphatic rings. The Labute approximate surface area is 124 Å². The first-order valence-electron chi connectivity index (χ1n) is 9.01. The fraction of sp³-hybridized carbons (Fsp3) is 1.00.